The van der Waals surface area contributed by atoms with Crippen LogP contribution in [0, 0.1) is 5.41 Å². The van der Waals surface area contributed by atoms with Crippen LogP contribution in [0.5, 0.6) is 0 Å². The van der Waals surface area contributed by atoms with Gasteiger partial charge in [-0.2, -0.15) is 0 Å². The minimum atomic E-state index is 0.0299. The van der Waals surface area contributed by atoms with Crippen LogP contribution in [0.3, 0.4) is 0 Å². The zero-order valence-electron chi connectivity index (χ0n) is 11.9. The number of carbonyl (C=O) groups excluding carboxylic acids is 1. The van der Waals surface area contributed by atoms with Gasteiger partial charge in [-0.15, -0.1) is 0 Å². The molecule has 0 aliphatic carbocycles. The molecule has 1 aromatic rings. The first-order valence-electron chi connectivity index (χ1n) is 6.73. The molecule has 2 N–H and O–H groups in total. The molecule has 3 heteroatoms. The monoisotopic (exact) mass is 258 g/mol. The molecular weight excluding hydrogens is 236 g/mol. The highest BCUT2D eigenvalue weighted by Crippen LogP contribution is 2.30. The Morgan fingerprint density at radius 3 is 2.47 bits per heavy atom. The highest BCUT2D eigenvalue weighted by atomic mass is 16.2. The molecule has 1 aliphatic rings. The van der Waals surface area contributed by atoms with E-state index in [9.17, 15) is 4.79 Å². The zero-order chi connectivity index (χ0) is 14.0. The average Bonchev–Trinajstić information content (AvgIpc) is 2.38. The molecule has 0 spiro atoms. The van der Waals surface area contributed by atoms with Crippen molar-refractivity contribution in [2.45, 2.75) is 27.2 Å². The van der Waals surface area contributed by atoms with Gasteiger partial charge in [-0.05, 0) is 24.0 Å². The molecule has 0 atom stereocenters. The van der Waals surface area contributed by atoms with Gasteiger partial charge in [0.15, 0.2) is 0 Å². The molecule has 102 valence electrons. The molecule has 0 bridgehead atoms. The van der Waals surface area contributed by atoms with Crippen molar-refractivity contribution >= 4 is 11.6 Å². The number of carbonyl (C=O) groups is 1. The van der Waals surface area contributed by atoms with Crippen molar-refractivity contribution in [3.63, 3.8) is 0 Å². The van der Waals surface area contributed by atoms with Crippen LogP contribution < -0.4 is 5.73 Å². The maximum Gasteiger partial charge on any atom is 0.256 e. The third kappa shape index (κ3) is 2.98. The number of para-hydroxylation sites is 1. The lowest BCUT2D eigenvalue weighted by molar-refractivity contribution is 0.0766. The third-order valence-corrected chi connectivity index (χ3v) is 3.65. The van der Waals surface area contributed by atoms with Gasteiger partial charge in [-0.3, -0.25) is 4.79 Å². The van der Waals surface area contributed by atoms with Crippen LogP contribution in [-0.4, -0.2) is 23.9 Å². The fraction of sp³-hybridized carbons (Fsp3) is 0.438. The van der Waals surface area contributed by atoms with Crippen LogP contribution in [0.15, 0.2) is 35.9 Å². The SMILES string of the molecule is CC(C)(C)C1=CCN(C(=O)c2ccccc2N)CC1. The number of hydrogen-bond donors (Lipinski definition) is 1. The molecule has 0 saturated heterocycles. The smallest absolute Gasteiger partial charge is 0.256 e. The highest BCUT2D eigenvalue weighted by Gasteiger charge is 2.24. The summed E-state index contributed by atoms with van der Waals surface area (Å²) in [5.41, 5.74) is 8.65. The average molecular weight is 258 g/mol. The first-order valence-corrected chi connectivity index (χ1v) is 6.73. The lowest BCUT2D eigenvalue weighted by Crippen LogP contribution is -2.36. The Kier molecular flexibility index (Phi) is 3.65. The van der Waals surface area contributed by atoms with Crippen molar-refractivity contribution in [2.24, 2.45) is 5.41 Å². The molecule has 1 aromatic carbocycles. The molecule has 1 aliphatic heterocycles. The second kappa shape index (κ2) is 5.08. The molecule has 19 heavy (non-hydrogen) atoms. The fourth-order valence-corrected chi connectivity index (χ4v) is 2.40. The van der Waals surface area contributed by atoms with E-state index >= 15 is 0 Å². The van der Waals surface area contributed by atoms with Crippen LogP contribution in [0.1, 0.15) is 37.6 Å². The molecule has 0 radical (unpaired) electrons. The number of nitrogen functional groups attached to an aromatic ring is 1. The van der Waals surface area contributed by atoms with Gasteiger partial charge in [-0.25, -0.2) is 0 Å². The maximum atomic E-state index is 12.4. The predicted molar refractivity (Wildman–Crippen MR) is 78.9 cm³/mol. The minimum absolute atomic E-state index is 0.0299. The van der Waals surface area contributed by atoms with Crippen LogP contribution in [0.4, 0.5) is 5.69 Å². The second-order valence-electron chi connectivity index (χ2n) is 6.07. The van der Waals surface area contributed by atoms with Crippen LogP contribution in [-0.2, 0) is 0 Å². The van der Waals surface area contributed by atoms with Crippen molar-refractivity contribution in [3.05, 3.63) is 41.5 Å². The Balaban J connectivity index is 2.13. The summed E-state index contributed by atoms with van der Waals surface area (Å²) in [5, 5.41) is 0. The van der Waals surface area contributed by atoms with Crippen LogP contribution in [0.2, 0.25) is 0 Å². The molecule has 0 saturated carbocycles. The lowest BCUT2D eigenvalue weighted by atomic mass is 9.83. The van der Waals surface area contributed by atoms with Crippen molar-refractivity contribution in [1.29, 1.82) is 0 Å². The standard InChI is InChI=1S/C16H22N2O/c1-16(2,3)12-8-10-18(11-9-12)15(19)13-6-4-5-7-14(13)17/h4-8H,9-11,17H2,1-3H3. The summed E-state index contributed by atoms with van der Waals surface area (Å²) in [6.45, 7) is 8.10. The topological polar surface area (TPSA) is 46.3 Å². The van der Waals surface area contributed by atoms with E-state index < -0.39 is 0 Å². The number of hydrogen-bond acceptors (Lipinski definition) is 2. The van der Waals surface area contributed by atoms with E-state index in [2.05, 4.69) is 26.8 Å². The van der Waals surface area contributed by atoms with Gasteiger partial charge >= 0.3 is 0 Å². The lowest BCUT2D eigenvalue weighted by Gasteiger charge is -2.32. The summed E-state index contributed by atoms with van der Waals surface area (Å²) in [5.74, 6) is 0.0299. The number of nitrogens with zero attached hydrogens (tertiary/aromatic N) is 1. The largest absolute Gasteiger partial charge is 0.398 e. The number of benzene rings is 1. The summed E-state index contributed by atoms with van der Waals surface area (Å²) >= 11 is 0. The van der Waals surface area contributed by atoms with E-state index in [1.165, 1.54) is 5.57 Å². The van der Waals surface area contributed by atoms with Gasteiger partial charge in [0.2, 0.25) is 0 Å². The second-order valence-corrected chi connectivity index (χ2v) is 6.07. The fourth-order valence-electron chi connectivity index (χ4n) is 2.40. The van der Waals surface area contributed by atoms with Gasteiger partial charge in [0.25, 0.3) is 5.91 Å². The Morgan fingerprint density at radius 2 is 1.95 bits per heavy atom. The molecule has 1 amide bonds. The molecular formula is C16H22N2O. The van der Waals surface area contributed by atoms with Crippen molar-refractivity contribution in [3.8, 4) is 0 Å². The van der Waals surface area contributed by atoms with E-state index in [4.69, 9.17) is 5.73 Å². The van der Waals surface area contributed by atoms with Crippen molar-refractivity contribution < 1.29 is 4.79 Å². The Labute approximate surface area is 115 Å². The van der Waals surface area contributed by atoms with E-state index in [1.807, 2.05) is 17.0 Å². The molecule has 3 nitrogen and oxygen atoms in total. The normalized spacial score (nSPS) is 16.2. The minimum Gasteiger partial charge on any atom is -0.398 e. The van der Waals surface area contributed by atoms with E-state index in [-0.39, 0.29) is 11.3 Å². The van der Waals surface area contributed by atoms with Crippen LogP contribution in [0.25, 0.3) is 0 Å². The van der Waals surface area contributed by atoms with E-state index in [0.717, 1.165) is 13.0 Å². The summed E-state index contributed by atoms with van der Waals surface area (Å²) in [6, 6.07) is 7.26. The summed E-state index contributed by atoms with van der Waals surface area (Å²) in [7, 11) is 0. The van der Waals surface area contributed by atoms with Crippen molar-refractivity contribution in [2.75, 3.05) is 18.8 Å². The number of nitrogens with two attached hydrogens (primary N) is 1. The predicted octanol–water partition coefficient (Wildman–Crippen LogP) is 3.09. The zero-order valence-corrected chi connectivity index (χ0v) is 11.9. The van der Waals surface area contributed by atoms with E-state index in [0.29, 0.717) is 17.8 Å². The third-order valence-electron chi connectivity index (χ3n) is 3.65. The van der Waals surface area contributed by atoms with Gasteiger partial charge in [-0.1, -0.05) is 44.6 Å². The van der Waals surface area contributed by atoms with Gasteiger partial charge < -0.3 is 10.6 Å². The van der Waals surface area contributed by atoms with Crippen molar-refractivity contribution in [1.82, 2.24) is 4.90 Å². The number of rotatable bonds is 1. The summed E-state index contributed by atoms with van der Waals surface area (Å²) < 4.78 is 0. The molecule has 0 fully saturated rings. The van der Waals surface area contributed by atoms with Gasteiger partial charge in [0.1, 0.15) is 0 Å². The number of amides is 1. The van der Waals surface area contributed by atoms with Gasteiger partial charge in [0, 0.05) is 18.8 Å². The van der Waals surface area contributed by atoms with Gasteiger partial charge in [0.05, 0.1) is 5.56 Å². The molecule has 1 heterocycles. The van der Waals surface area contributed by atoms with Crippen LogP contribution >= 0.6 is 0 Å². The first kappa shape index (κ1) is 13.7. The first-order chi connectivity index (χ1) is 8.89. The number of anilines is 1. The molecule has 2 rings (SSSR count). The maximum absolute atomic E-state index is 12.4. The Morgan fingerprint density at radius 1 is 1.26 bits per heavy atom. The summed E-state index contributed by atoms with van der Waals surface area (Å²) in [4.78, 5) is 14.3. The Bertz CT molecular complexity index is 512. The van der Waals surface area contributed by atoms with E-state index in [1.54, 1.807) is 12.1 Å². The molecule has 0 aromatic heterocycles. The highest BCUT2D eigenvalue weighted by molar-refractivity contribution is 5.99. The Hall–Kier alpha value is -1.77. The quantitative estimate of drug-likeness (QED) is 0.621. The summed E-state index contributed by atoms with van der Waals surface area (Å²) in [6.07, 6.45) is 3.13. The molecule has 0 unspecified atom stereocenters.